The summed E-state index contributed by atoms with van der Waals surface area (Å²) in [5.74, 6) is 0. The van der Waals surface area contributed by atoms with Crippen LogP contribution in [0.4, 0.5) is 5.69 Å². The number of likely N-dealkylation sites (N-methyl/N-ethyl adjacent to an activating group) is 1. The van der Waals surface area contributed by atoms with Gasteiger partial charge < -0.3 is 10.2 Å². The van der Waals surface area contributed by atoms with Crippen LogP contribution in [0.1, 0.15) is 17.2 Å². The van der Waals surface area contributed by atoms with E-state index >= 15 is 0 Å². The largest absolute Gasteiger partial charge is 0.395 e. The van der Waals surface area contributed by atoms with Gasteiger partial charge in [0.1, 0.15) is 0 Å². The molecule has 2 aromatic rings. The molecule has 23 heavy (non-hydrogen) atoms. The zero-order valence-electron chi connectivity index (χ0n) is 12.9. The van der Waals surface area contributed by atoms with Gasteiger partial charge in [-0.05, 0) is 30.3 Å². The highest BCUT2D eigenvalue weighted by atomic mass is 16.6. The van der Waals surface area contributed by atoms with Gasteiger partial charge in [0.2, 0.25) is 0 Å². The highest BCUT2D eigenvalue weighted by molar-refractivity contribution is 5.34. The Kier molecular flexibility index (Phi) is 5.81. The number of hydrogen-bond acceptors (Lipinski definition) is 5. The van der Waals surface area contributed by atoms with E-state index in [4.69, 9.17) is 0 Å². The molecule has 0 fully saturated rings. The summed E-state index contributed by atoms with van der Waals surface area (Å²) < 4.78 is 0. The Labute approximate surface area is 134 Å². The molecule has 0 saturated carbocycles. The summed E-state index contributed by atoms with van der Waals surface area (Å²) in [6.45, 7) is 0.359. The monoisotopic (exact) mass is 316 g/mol. The first-order valence-corrected chi connectivity index (χ1v) is 7.30. The Morgan fingerprint density at radius 3 is 2.26 bits per heavy atom. The van der Waals surface area contributed by atoms with Crippen molar-refractivity contribution in [2.45, 2.75) is 18.7 Å². The lowest BCUT2D eigenvalue weighted by Crippen LogP contribution is -2.39. The summed E-state index contributed by atoms with van der Waals surface area (Å²) >= 11 is 0. The van der Waals surface area contributed by atoms with Crippen molar-refractivity contribution in [1.29, 1.82) is 0 Å². The van der Waals surface area contributed by atoms with E-state index in [0.717, 1.165) is 5.56 Å². The molecule has 6 nitrogen and oxygen atoms in total. The van der Waals surface area contributed by atoms with Gasteiger partial charge in [-0.2, -0.15) is 0 Å². The second kappa shape index (κ2) is 7.82. The third-order valence-electron chi connectivity index (χ3n) is 3.84. The Balaban J connectivity index is 2.10. The minimum Gasteiger partial charge on any atom is -0.395 e. The van der Waals surface area contributed by atoms with Crippen LogP contribution in [0.15, 0.2) is 54.6 Å². The fraction of sp³-hybridized carbons (Fsp3) is 0.294. The van der Waals surface area contributed by atoms with E-state index in [1.807, 2.05) is 42.3 Å². The lowest BCUT2D eigenvalue weighted by Gasteiger charge is -2.30. The third-order valence-corrected chi connectivity index (χ3v) is 3.84. The van der Waals surface area contributed by atoms with Crippen LogP contribution in [0.2, 0.25) is 0 Å². The first kappa shape index (κ1) is 17.1. The zero-order chi connectivity index (χ0) is 16.8. The lowest BCUT2D eigenvalue weighted by molar-refractivity contribution is -0.384. The van der Waals surface area contributed by atoms with Gasteiger partial charge >= 0.3 is 0 Å². The second-order valence-corrected chi connectivity index (χ2v) is 5.44. The summed E-state index contributed by atoms with van der Waals surface area (Å²) in [4.78, 5) is 12.1. The van der Waals surface area contributed by atoms with E-state index in [0.29, 0.717) is 12.1 Å². The van der Waals surface area contributed by atoms with Crippen LogP contribution in [0, 0.1) is 10.1 Å². The van der Waals surface area contributed by atoms with E-state index < -0.39 is 17.1 Å². The number of aliphatic hydroxyl groups excluding tert-OH is 2. The predicted molar refractivity (Wildman–Crippen MR) is 86.8 cm³/mol. The molecule has 0 aliphatic rings. The molecule has 2 aromatic carbocycles. The Hall–Kier alpha value is -2.28. The summed E-state index contributed by atoms with van der Waals surface area (Å²) in [6, 6.07) is 15.0. The lowest BCUT2D eigenvalue weighted by atomic mass is 10.0. The average molecular weight is 316 g/mol. The van der Waals surface area contributed by atoms with Crippen LogP contribution in [-0.4, -0.2) is 39.7 Å². The maximum Gasteiger partial charge on any atom is 0.269 e. The standard InChI is InChI=1S/C17H20N2O4/c1-18(11-13-5-3-2-4-6-13)16(12-20)17(21)14-7-9-15(10-8-14)19(22)23/h2-10,16-17,20-21H,11-12H2,1H3/t16-,17?/m1/s1. The fourth-order valence-corrected chi connectivity index (χ4v) is 2.48. The summed E-state index contributed by atoms with van der Waals surface area (Å²) in [7, 11) is 1.82. The predicted octanol–water partition coefficient (Wildman–Crippen LogP) is 2.12. The minimum atomic E-state index is -0.936. The number of nitro benzene ring substituents is 1. The van der Waals surface area contributed by atoms with E-state index in [1.165, 1.54) is 24.3 Å². The molecule has 0 spiro atoms. The van der Waals surface area contributed by atoms with Crippen molar-refractivity contribution in [3.63, 3.8) is 0 Å². The molecule has 0 radical (unpaired) electrons. The molecule has 0 saturated heterocycles. The Morgan fingerprint density at radius 1 is 1.13 bits per heavy atom. The SMILES string of the molecule is CN(Cc1ccccc1)[C@H](CO)C(O)c1ccc([N+](=O)[O-])cc1. The fourth-order valence-electron chi connectivity index (χ4n) is 2.48. The molecule has 2 N–H and O–H groups in total. The molecular weight excluding hydrogens is 296 g/mol. The van der Waals surface area contributed by atoms with Crippen molar-refractivity contribution in [2.24, 2.45) is 0 Å². The van der Waals surface area contributed by atoms with E-state index in [9.17, 15) is 20.3 Å². The number of nitro groups is 1. The minimum absolute atomic E-state index is 0.0286. The van der Waals surface area contributed by atoms with Crippen molar-refractivity contribution in [2.75, 3.05) is 13.7 Å². The van der Waals surface area contributed by atoms with Gasteiger partial charge in [0.15, 0.2) is 0 Å². The Morgan fingerprint density at radius 2 is 1.74 bits per heavy atom. The number of non-ortho nitro benzene ring substituents is 1. The van der Waals surface area contributed by atoms with Crippen LogP contribution in [0.3, 0.4) is 0 Å². The second-order valence-electron chi connectivity index (χ2n) is 5.44. The number of nitrogens with zero attached hydrogens (tertiary/aromatic N) is 2. The van der Waals surface area contributed by atoms with Crippen LogP contribution in [0.25, 0.3) is 0 Å². The first-order chi connectivity index (χ1) is 11.0. The van der Waals surface area contributed by atoms with E-state index in [1.54, 1.807) is 0 Å². The molecule has 6 heteroatoms. The van der Waals surface area contributed by atoms with Gasteiger partial charge in [0.05, 0.1) is 23.7 Å². The summed E-state index contributed by atoms with van der Waals surface area (Å²) in [6.07, 6.45) is -0.936. The molecular formula is C17H20N2O4. The number of benzene rings is 2. The summed E-state index contributed by atoms with van der Waals surface area (Å²) in [5.41, 5.74) is 1.58. The Bertz CT molecular complexity index is 631. The molecule has 0 aromatic heterocycles. The molecule has 1 unspecified atom stereocenters. The number of hydrogen-bond donors (Lipinski definition) is 2. The molecule has 0 amide bonds. The van der Waals surface area contributed by atoms with Crippen LogP contribution in [0.5, 0.6) is 0 Å². The molecule has 2 atom stereocenters. The molecule has 122 valence electrons. The van der Waals surface area contributed by atoms with Gasteiger partial charge in [0.25, 0.3) is 5.69 Å². The van der Waals surface area contributed by atoms with Gasteiger partial charge in [-0.25, -0.2) is 0 Å². The first-order valence-electron chi connectivity index (χ1n) is 7.30. The topological polar surface area (TPSA) is 86.8 Å². The highest BCUT2D eigenvalue weighted by Gasteiger charge is 2.25. The molecule has 2 rings (SSSR count). The third kappa shape index (κ3) is 4.35. The molecule has 0 aliphatic carbocycles. The molecule has 0 heterocycles. The van der Waals surface area contributed by atoms with Gasteiger partial charge in [0, 0.05) is 18.7 Å². The van der Waals surface area contributed by atoms with E-state index in [2.05, 4.69) is 0 Å². The van der Waals surface area contributed by atoms with Crippen molar-refractivity contribution < 1.29 is 15.1 Å². The smallest absolute Gasteiger partial charge is 0.269 e. The van der Waals surface area contributed by atoms with Crippen molar-refractivity contribution in [1.82, 2.24) is 4.90 Å². The maximum atomic E-state index is 10.7. The molecule has 0 aliphatic heterocycles. The normalized spacial score (nSPS) is 13.7. The van der Waals surface area contributed by atoms with Crippen LogP contribution >= 0.6 is 0 Å². The number of aliphatic hydroxyl groups is 2. The van der Waals surface area contributed by atoms with Crippen molar-refractivity contribution >= 4 is 5.69 Å². The van der Waals surface area contributed by atoms with Crippen molar-refractivity contribution in [3.05, 3.63) is 75.8 Å². The van der Waals surface area contributed by atoms with Gasteiger partial charge in [-0.15, -0.1) is 0 Å². The maximum absolute atomic E-state index is 10.7. The van der Waals surface area contributed by atoms with Gasteiger partial charge in [-0.1, -0.05) is 30.3 Å². The van der Waals surface area contributed by atoms with E-state index in [-0.39, 0.29) is 12.3 Å². The number of rotatable bonds is 7. The molecule has 0 bridgehead atoms. The quantitative estimate of drug-likeness (QED) is 0.603. The van der Waals surface area contributed by atoms with Crippen molar-refractivity contribution in [3.8, 4) is 0 Å². The van der Waals surface area contributed by atoms with Crippen LogP contribution in [-0.2, 0) is 6.54 Å². The zero-order valence-corrected chi connectivity index (χ0v) is 12.9. The average Bonchev–Trinajstić information content (AvgIpc) is 2.56. The highest BCUT2D eigenvalue weighted by Crippen LogP contribution is 2.23. The van der Waals surface area contributed by atoms with Gasteiger partial charge in [-0.3, -0.25) is 15.0 Å². The van der Waals surface area contributed by atoms with Crippen LogP contribution < -0.4 is 0 Å². The summed E-state index contributed by atoms with van der Waals surface area (Å²) in [5, 5.41) is 30.8.